The van der Waals surface area contributed by atoms with Crippen LogP contribution in [-0.2, 0) is 42.9 Å². The molecule has 0 amide bonds. The van der Waals surface area contributed by atoms with Gasteiger partial charge in [0.25, 0.3) is 30.1 Å². The van der Waals surface area contributed by atoms with Crippen LogP contribution in [0.5, 0.6) is 0 Å². The Morgan fingerprint density at radius 2 is 0.710 bits per heavy atom. The van der Waals surface area contributed by atoms with Gasteiger partial charge in [0, 0.05) is 110 Å². The van der Waals surface area contributed by atoms with Crippen molar-refractivity contribution in [1.29, 1.82) is 0 Å². The molecule has 18 rings (SSSR count). The summed E-state index contributed by atoms with van der Waals surface area (Å²) < 4.78 is 84.3. The SMILES string of the molecule is Cc1ccc(S(=O)(=O)n2cc(-c3cc(NC(C)(C)C)nc(N)n3)c3ccccc32)cc1.Cc1ccc(S(=O)(=O)n2cc(-c3cc(NC(C)C)nc(N)n3)c3ccccc32)cc1.Cc1ccc(S(=O)(=O)n2cc(-c3cc(NCC4CC4)nc(N)n3)c3ccccc32)cc1.Cc1cccc(-c2cc(CC(C)C)nc(N)n2)c1C.Cc1cccc(-c2cc(CCC3CC3)nc(N)n2)c1C. The van der Waals surface area contributed by atoms with Crippen molar-refractivity contribution in [1.82, 2.24) is 61.8 Å². The summed E-state index contributed by atoms with van der Waals surface area (Å²) in [5.41, 5.74) is 49.1. The van der Waals surface area contributed by atoms with Gasteiger partial charge in [-0.05, 0) is 222 Å². The van der Waals surface area contributed by atoms with Gasteiger partial charge in [0.15, 0.2) is 0 Å². The number of para-hydroxylation sites is 3. The molecule has 0 atom stereocenters. The third-order valence-electron chi connectivity index (χ3n) is 22.5. The number of nitrogens with two attached hydrogens (primary N) is 5. The lowest BCUT2D eigenvalue weighted by Gasteiger charge is -2.21. The number of nitrogen functional groups attached to an aromatic ring is 5. The standard InChI is InChI=1S/C23H23N5O2S.C23H25N5O2S.C22H23N5O2S.C17H21N3.C16H21N3/c1-15-6-10-17(11-7-15)31(29,30)28-14-19(18-4-2-3-5-21(18)28)20-12-22(27-23(24)26-20)25-13-16-8-9-16;1-15-9-11-16(12-10-15)31(29,30)28-14-18(17-7-5-6-8-20(17)28)19-13-21(26-22(24)25-19)27-23(2,3)4;1-14(2)24-21-12-19(25-22(23)26-21)18-13-27(20-7-5-4-6-17(18)20)30(28,29)16-10-8-15(3)9-11-16;1-11-4-3-5-15(12(11)2)16-10-14(19-17(18)20-16)9-8-13-6-7-13;1-10(2)8-13-9-15(19-16(17)18-13)14-7-5-6-11(3)12(14)4/h2-7,10-12,14,16H,8-9,13H2,1H3,(H3,24,25,26,27);5-14H,1-4H3,(H3,24,25,26,27);4-14H,1-3H3,(H3,23,24,25,26);3-5,10,13H,6-9H2,1-2H3,(H2,18,19,20);5-7,9-10H,8H2,1-4H3,(H2,17,18,19). The average Bonchev–Trinajstić information content (AvgIpc) is 1.61. The van der Waals surface area contributed by atoms with E-state index in [1.807, 2.05) is 116 Å². The van der Waals surface area contributed by atoms with E-state index in [-0.39, 0.29) is 44.1 Å². The summed E-state index contributed by atoms with van der Waals surface area (Å²) in [7, 11) is -11.4. The Morgan fingerprint density at radius 3 is 1.08 bits per heavy atom. The molecular weight excluding hydrogens is 1700 g/mol. The fourth-order valence-corrected chi connectivity index (χ4v) is 19.3. The first-order valence-corrected chi connectivity index (χ1v) is 48.0. The predicted octanol–water partition coefficient (Wildman–Crippen LogP) is 19.8. The van der Waals surface area contributed by atoms with E-state index in [9.17, 15) is 25.3 Å². The fraction of sp³-hybridized carbons (Fsp3) is 0.267. The van der Waals surface area contributed by atoms with Crippen molar-refractivity contribution < 1.29 is 25.3 Å². The van der Waals surface area contributed by atoms with Crippen molar-refractivity contribution in [2.75, 3.05) is 51.2 Å². The Kier molecular flexibility index (Phi) is 27.8. The summed E-state index contributed by atoms with van der Waals surface area (Å²) >= 11 is 0. The maximum absolute atomic E-state index is 13.4. The normalized spacial score (nSPS) is 12.8. The average molecular weight is 1810 g/mol. The van der Waals surface area contributed by atoms with Crippen LogP contribution in [0.4, 0.5) is 47.2 Å². The van der Waals surface area contributed by atoms with Crippen molar-refractivity contribution in [3.63, 3.8) is 0 Å². The molecule has 2 aliphatic carbocycles. The minimum absolute atomic E-state index is 0.113. The van der Waals surface area contributed by atoms with Gasteiger partial charge in [0.05, 0.1) is 59.7 Å². The Morgan fingerprint density at radius 1 is 0.374 bits per heavy atom. The molecule has 0 spiro atoms. The second-order valence-corrected chi connectivity index (χ2v) is 40.7. The minimum atomic E-state index is -3.79. The van der Waals surface area contributed by atoms with Gasteiger partial charge in [0.2, 0.25) is 29.7 Å². The quantitative estimate of drug-likeness (QED) is 0.0312. The number of aryl methyl sites for hydroxylation is 6. The first-order chi connectivity index (χ1) is 62.3. The topological polar surface area (TPSA) is 412 Å². The zero-order valence-corrected chi connectivity index (χ0v) is 78.7. The summed E-state index contributed by atoms with van der Waals surface area (Å²) in [5.74, 6) is 5.08. The molecule has 676 valence electrons. The molecule has 0 aliphatic heterocycles. The molecule has 131 heavy (non-hydrogen) atoms. The van der Waals surface area contributed by atoms with Gasteiger partial charge in [-0.15, -0.1) is 0 Å². The highest BCUT2D eigenvalue weighted by Gasteiger charge is 2.29. The van der Waals surface area contributed by atoms with E-state index in [1.54, 1.807) is 122 Å². The monoisotopic (exact) mass is 1810 g/mol. The van der Waals surface area contributed by atoms with Crippen LogP contribution in [0.25, 0.3) is 89.0 Å². The Balaban J connectivity index is 0.000000134. The first-order valence-electron chi connectivity index (χ1n) is 43.7. The Labute approximate surface area is 766 Å². The van der Waals surface area contributed by atoms with Crippen LogP contribution in [0.3, 0.4) is 0 Å². The van der Waals surface area contributed by atoms with Crippen molar-refractivity contribution in [3.8, 4) is 56.3 Å². The number of benzene rings is 8. The largest absolute Gasteiger partial charge is 0.370 e. The van der Waals surface area contributed by atoms with E-state index in [2.05, 4.69) is 156 Å². The first kappa shape index (κ1) is 93.2. The van der Waals surface area contributed by atoms with E-state index in [0.29, 0.717) is 91.5 Å². The Hall–Kier alpha value is -14.0. The van der Waals surface area contributed by atoms with Crippen molar-refractivity contribution >= 4 is 110 Å². The van der Waals surface area contributed by atoms with Crippen LogP contribution in [0.15, 0.2) is 246 Å². The van der Waals surface area contributed by atoms with E-state index in [1.165, 1.54) is 66.3 Å². The molecule has 0 saturated heterocycles. The number of nitrogens with zero attached hydrogens (tertiary/aromatic N) is 13. The molecule has 0 bridgehead atoms. The van der Waals surface area contributed by atoms with Crippen LogP contribution in [0.1, 0.15) is 131 Å². The lowest BCUT2D eigenvalue weighted by molar-refractivity contribution is 0.587. The molecule has 8 heterocycles. The fourth-order valence-electron chi connectivity index (χ4n) is 15.2. The predicted molar refractivity (Wildman–Crippen MR) is 529 cm³/mol. The van der Waals surface area contributed by atoms with Crippen molar-refractivity contribution in [3.05, 3.63) is 281 Å². The molecular formula is C101H113N21O6S3. The molecule has 0 unspecified atom stereocenters. The van der Waals surface area contributed by atoms with Crippen molar-refractivity contribution in [2.45, 2.75) is 168 Å². The van der Waals surface area contributed by atoms with Crippen LogP contribution in [0.2, 0.25) is 0 Å². The molecule has 27 nitrogen and oxygen atoms in total. The highest BCUT2D eigenvalue weighted by Crippen LogP contribution is 2.40. The molecule has 30 heteroatoms. The smallest absolute Gasteiger partial charge is 0.268 e. The summed E-state index contributed by atoms with van der Waals surface area (Å²) in [5, 5.41) is 12.1. The van der Waals surface area contributed by atoms with Crippen LogP contribution in [-0.4, -0.2) is 105 Å². The third kappa shape index (κ3) is 22.7. The molecule has 16 aromatic rings. The van der Waals surface area contributed by atoms with Gasteiger partial charge >= 0.3 is 0 Å². The Bertz CT molecular complexity index is 7230. The molecule has 0 radical (unpaired) electrons. The number of hydrogen-bond acceptors (Lipinski definition) is 24. The lowest BCUT2D eigenvalue weighted by atomic mass is 9.99. The van der Waals surface area contributed by atoms with Gasteiger partial charge < -0.3 is 44.6 Å². The molecule has 2 fully saturated rings. The molecule has 13 N–H and O–H groups in total. The van der Waals surface area contributed by atoms with Crippen LogP contribution in [0, 0.1) is 66.2 Å². The summed E-state index contributed by atoms with van der Waals surface area (Å²) in [6.07, 6.45) is 13.2. The third-order valence-corrected chi connectivity index (χ3v) is 27.6. The van der Waals surface area contributed by atoms with Gasteiger partial charge in [-0.25, -0.2) is 72.1 Å². The van der Waals surface area contributed by atoms with E-state index < -0.39 is 30.1 Å². The summed E-state index contributed by atoms with van der Waals surface area (Å²) in [4.78, 5) is 44.1. The lowest BCUT2D eigenvalue weighted by Crippen LogP contribution is -2.27. The molecule has 2 aliphatic rings. The second-order valence-electron chi connectivity index (χ2n) is 35.3. The maximum Gasteiger partial charge on any atom is 0.268 e. The molecule has 8 aromatic heterocycles. The number of aromatic nitrogens is 13. The number of hydrogen-bond donors (Lipinski definition) is 8. The van der Waals surface area contributed by atoms with E-state index in [0.717, 1.165) is 92.1 Å². The highest BCUT2D eigenvalue weighted by molar-refractivity contribution is 7.90. The van der Waals surface area contributed by atoms with Gasteiger partial charge in [0.1, 0.15) is 17.5 Å². The van der Waals surface area contributed by atoms with Crippen LogP contribution >= 0.6 is 0 Å². The van der Waals surface area contributed by atoms with E-state index in [4.69, 9.17) is 28.7 Å². The number of nitrogens with one attached hydrogen (secondary N) is 3. The van der Waals surface area contributed by atoms with Crippen LogP contribution < -0.4 is 44.6 Å². The van der Waals surface area contributed by atoms with Gasteiger partial charge in [-0.1, -0.05) is 171 Å². The number of anilines is 8. The minimum Gasteiger partial charge on any atom is -0.370 e. The van der Waals surface area contributed by atoms with Gasteiger partial charge in [-0.3, -0.25) is 0 Å². The maximum atomic E-state index is 13.4. The van der Waals surface area contributed by atoms with E-state index >= 15 is 0 Å². The molecule has 2 saturated carbocycles. The zero-order chi connectivity index (χ0) is 93.5. The zero-order valence-electron chi connectivity index (χ0n) is 76.3. The summed E-state index contributed by atoms with van der Waals surface area (Å²) in [6.45, 7) is 29.5. The van der Waals surface area contributed by atoms with Gasteiger partial charge in [-0.2, -0.15) is 15.0 Å². The molecule has 8 aromatic carbocycles. The highest BCUT2D eigenvalue weighted by atomic mass is 32.2. The second kappa shape index (κ2) is 39.1. The summed E-state index contributed by atoms with van der Waals surface area (Å²) in [6, 6.07) is 64.8. The van der Waals surface area contributed by atoms with Crippen molar-refractivity contribution in [2.24, 2.45) is 17.8 Å². The number of fused-ring (bicyclic) bond motifs is 3. The number of rotatable bonds is 22.